The summed E-state index contributed by atoms with van der Waals surface area (Å²) in [5.74, 6) is -0.321. The van der Waals surface area contributed by atoms with Crippen LogP contribution in [0.1, 0.15) is 5.69 Å². The minimum absolute atomic E-state index is 0.0168. The molecule has 16 heteroatoms. The van der Waals surface area contributed by atoms with Crippen LogP contribution in [0.25, 0.3) is 0 Å². The van der Waals surface area contributed by atoms with E-state index in [1.807, 2.05) is 0 Å². The standard InChI is InChI=1S/C17H16N6O6S4/c1-28-22-10(8-5-32-16(18)20-8)12(24)21-11-13(25)23-14(29-17(26)27)7(4-31-15(11)23)3-30-9-2-19-6-33-9/h2,5-6,11,15H,3-4H2,1H3,(H2,18,20)(H,21,24)(H,26,27)/b22-10-/t11?,15-/m0/s1. The summed E-state index contributed by atoms with van der Waals surface area (Å²) < 4.78 is 5.93. The number of nitrogen functional groups attached to an aromatic ring is 1. The van der Waals surface area contributed by atoms with Gasteiger partial charge >= 0.3 is 6.16 Å². The summed E-state index contributed by atoms with van der Waals surface area (Å²) in [6.45, 7) is 0. The zero-order valence-electron chi connectivity index (χ0n) is 16.8. The van der Waals surface area contributed by atoms with Gasteiger partial charge in [-0.05, 0) is 0 Å². The van der Waals surface area contributed by atoms with Crippen LogP contribution < -0.4 is 11.1 Å². The van der Waals surface area contributed by atoms with Gasteiger partial charge in [0.05, 0.1) is 15.9 Å². The number of thiazole rings is 2. The summed E-state index contributed by atoms with van der Waals surface area (Å²) in [7, 11) is 1.28. The van der Waals surface area contributed by atoms with E-state index in [0.717, 1.165) is 15.5 Å². The third-order valence-electron chi connectivity index (χ3n) is 4.42. The first-order chi connectivity index (χ1) is 15.9. The molecule has 2 aromatic rings. The molecule has 0 aliphatic carbocycles. The Bertz CT molecular complexity index is 1130. The molecular formula is C17H16N6O6S4. The molecule has 4 rings (SSSR count). The molecule has 1 unspecified atom stereocenters. The topological polar surface area (TPSA) is 169 Å². The van der Waals surface area contributed by atoms with E-state index < -0.39 is 29.4 Å². The summed E-state index contributed by atoms with van der Waals surface area (Å²) >= 11 is 5.46. The zero-order chi connectivity index (χ0) is 23.5. The molecule has 4 N–H and O–H groups in total. The van der Waals surface area contributed by atoms with Crippen LogP contribution in [-0.4, -0.2) is 73.7 Å². The van der Waals surface area contributed by atoms with Crippen LogP contribution in [0, 0.1) is 0 Å². The largest absolute Gasteiger partial charge is 0.512 e. The third-order valence-corrected chi connectivity index (χ3v) is 8.53. The summed E-state index contributed by atoms with van der Waals surface area (Å²) in [5, 5.41) is 16.8. The summed E-state index contributed by atoms with van der Waals surface area (Å²) in [4.78, 5) is 51.0. The molecule has 0 bridgehead atoms. The van der Waals surface area contributed by atoms with Crippen LogP contribution in [0.15, 0.2) is 37.9 Å². The fourth-order valence-corrected chi connectivity index (χ4v) is 6.65. The number of aromatic nitrogens is 2. The summed E-state index contributed by atoms with van der Waals surface area (Å²) in [6, 6.07) is -0.899. The molecule has 33 heavy (non-hydrogen) atoms. The SMILES string of the molecule is CO/N=C(\C(=O)NC1C(=O)N2C(OC(=O)O)=C(CSc3cncs3)CS[C@@H]12)c1csc(N)n1. The van der Waals surface area contributed by atoms with Crippen molar-refractivity contribution in [1.82, 2.24) is 20.2 Å². The van der Waals surface area contributed by atoms with E-state index in [0.29, 0.717) is 17.1 Å². The molecular weight excluding hydrogens is 512 g/mol. The Morgan fingerprint density at radius 1 is 1.45 bits per heavy atom. The molecule has 2 amide bonds. The van der Waals surface area contributed by atoms with Gasteiger partial charge in [-0.1, -0.05) is 5.16 Å². The second kappa shape index (κ2) is 9.98. The molecule has 12 nitrogen and oxygen atoms in total. The number of rotatable bonds is 8. The van der Waals surface area contributed by atoms with E-state index in [2.05, 4.69) is 20.4 Å². The van der Waals surface area contributed by atoms with Crippen LogP contribution >= 0.6 is 46.2 Å². The highest BCUT2D eigenvalue weighted by Gasteiger charge is 2.54. The molecule has 2 aliphatic rings. The van der Waals surface area contributed by atoms with Gasteiger partial charge in [0.1, 0.15) is 24.2 Å². The maximum absolute atomic E-state index is 12.9. The number of nitrogens with one attached hydrogen (secondary N) is 1. The quantitative estimate of drug-likeness (QED) is 0.150. The Kier molecular flexibility index (Phi) is 7.06. The van der Waals surface area contributed by atoms with Gasteiger partial charge in [0.25, 0.3) is 11.8 Å². The Labute approximate surface area is 203 Å². The fourth-order valence-electron chi connectivity index (χ4n) is 3.04. The van der Waals surface area contributed by atoms with E-state index in [1.165, 1.54) is 46.9 Å². The number of amides is 2. The number of ether oxygens (including phenoxy) is 1. The minimum Gasteiger partial charge on any atom is -0.449 e. The first-order valence-corrected chi connectivity index (χ1v) is 12.9. The number of hydrogen-bond donors (Lipinski definition) is 3. The zero-order valence-corrected chi connectivity index (χ0v) is 20.1. The molecule has 2 aliphatic heterocycles. The number of oxime groups is 1. The normalized spacial score (nSPS) is 20.2. The van der Waals surface area contributed by atoms with Gasteiger partial charge in [-0.2, -0.15) is 0 Å². The number of carboxylic acid groups (broad SMARTS) is 1. The van der Waals surface area contributed by atoms with E-state index in [4.69, 9.17) is 15.3 Å². The molecule has 1 fully saturated rings. The number of nitrogens with two attached hydrogens (primary N) is 1. The Morgan fingerprint density at radius 3 is 2.91 bits per heavy atom. The van der Waals surface area contributed by atoms with E-state index in [1.54, 1.807) is 17.1 Å². The van der Waals surface area contributed by atoms with Crippen molar-refractivity contribution >= 4 is 75.0 Å². The average molecular weight is 529 g/mol. The van der Waals surface area contributed by atoms with E-state index >= 15 is 0 Å². The number of hydrogen-bond acceptors (Lipinski definition) is 13. The second-order valence-electron chi connectivity index (χ2n) is 6.44. The number of thioether (sulfide) groups is 2. The van der Waals surface area contributed by atoms with Gasteiger partial charge in [-0.25, -0.2) is 9.78 Å². The van der Waals surface area contributed by atoms with Crippen molar-refractivity contribution < 1.29 is 29.1 Å². The number of carbonyl (C=O) groups is 3. The lowest BCUT2D eigenvalue weighted by Crippen LogP contribution is -2.70. The van der Waals surface area contributed by atoms with Crippen molar-refractivity contribution in [2.24, 2.45) is 5.16 Å². The highest BCUT2D eigenvalue weighted by molar-refractivity contribution is 8.02. The number of nitrogens with zero attached hydrogens (tertiary/aromatic N) is 4. The van der Waals surface area contributed by atoms with Gasteiger partial charge in [0, 0.05) is 22.5 Å². The van der Waals surface area contributed by atoms with Crippen LogP contribution in [-0.2, 0) is 19.2 Å². The van der Waals surface area contributed by atoms with Gasteiger partial charge < -0.3 is 25.7 Å². The predicted octanol–water partition coefficient (Wildman–Crippen LogP) is 1.63. The predicted molar refractivity (Wildman–Crippen MR) is 124 cm³/mol. The molecule has 0 radical (unpaired) electrons. The van der Waals surface area contributed by atoms with Crippen molar-refractivity contribution in [3.8, 4) is 0 Å². The number of β-lactam (4-membered cyclic amide) rings is 1. The highest BCUT2D eigenvalue weighted by atomic mass is 32.2. The highest BCUT2D eigenvalue weighted by Crippen LogP contribution is 2.42. The second-order valence-corrected chi connectivity index (χ2v) is 10.6. The molecule has 2 aromatic heterocycles. The maximum atomic E-state index is 12.9. The third kappa shape index (κ3) is 4.92. The van der Waals surface area contributed by atoms with Crippen LogP contribution in [0.2, 0.25) is 0 Å². The van der Waals surface area contributed by atoms with E-state index in [-0.39, 0.29) is 22.4 Å². The smallest absolute Gasteiger partial charge is 0.449 e. The van der Waals surface area contributed by atoms with E-state index in [9.17, 15) is 19.5 Å². The van der Waals surface area contributed by atoms with Crippen LogP contribution in [0.5, 0.6) is 0 Å². The molecule has 174 valence electrons. The van der Waals surface area contributed by atoms with Crippen molar-refractivity contribution in [2.75, 3.05) is 24.3 Å². The fraction of sp³-hybridized carbons (Fsp3) is 0.294. The lowest BCUT2D eigenvalue weighted by atomic mass is 10.1. The molecule has 4 heterocycles. The Hall–Kier alpha value is -2.82. The van der Waals surface area contributed by atoms with Gasteiger partial charge in [-0.15, -0.1) is 46.2 Å². The molecule has 0 saturated carbocycles. The van der Waals surface area contributed by atoms with Crippen LogP contribution in [0.3, 0.4) is 0 Å². The molecule has 1 saturated heterocycles. The monoisotopic (exact) mass is 528 g/mol. The van der Waals surface area contributed by atoms with Crippen molar-refractivity contribution in [3.63, 3.8) is 0 Å². The number of fused-ring (bicyclic) bond motifs is 1. The van der Waals surface area contributed by atoms with Crippen LogP contribution in [0.4, 0.5) is 9.93 Å². The summed E-state index contributed by atoms with van der Waals surface area (Å²) in [6.07, 6.45) is 0.189. The Balaban J connectivity index is 1.50. The molecule has 0 spiro atoms. The first-order valence-electron chi connectivity index (χ1n) is 9.11. The Morgan fingerprint density at radius 2 is 2.27 bits per heavy atom. The molecule has 2 atom stereocenters. The van der Waals surface area contributed by atoms with Crippen molar-refractivity contribution in [2.45, 2.75) is 15.6 Å². The molecule has 0 aromatic carbocycles. The minimum atomic E-state index is -1.52. The number of anilines is 1. The summed E-state index contributed by atoms with van der Waals surface area (Å²) in [5.41, 5.74) is 8.08. The lowest BCUT2D eigenvalue weighted by Gasteiger charge is -2.49. The number of carbonyl (C=O) groups excluding carboxylic acids is 2. The van der Waals surface area contributed by atoms with Crippen molar-refractivity contribution in [3.05, 3.63) is 34.2 Å². The van der Waals surface area contributed by atoms with Gasteiger partial charge in [0.2, 0.25) is 5.88 Å². The van der Waals surface area contributed by atoms with Gasteiger partial charge in [-0.3, -0.25) is 19.5 Å². The maximum Gasteiger partial charge on any atom is 0.512 e. The van der Waals surface area contributed by atoms with Gasteiger partial charge in [0.15, 0.2) is 10.8 Å². The van der Waals surface area contributed by atoms with Crippen molar-refractivity contribution in [1.29, 1.82) is 0 Å². The lowest BCUT2D eigenvalue weighted by molar-refractivity contribution is -0.148. The average Bonchev–Trinajstić information content (AvgIpc) is 3.45. The first kappa shape index (κ1) is 23.3.